The molecule has 9 heteroatoms. The summed E-state index contributed by atoms with van der Waals surface area (Å²) in [5.74, 6) is 0.865. The van der Waals surface area contributed by atoms with Crippen molar-refractivity contribution in [3.63, 3.8) is 0 Å². The second-order valence-electron chi connectivity index (χ2n) is 6.97. The smallest absolute Gasteiger partial charge is 0.343 e. The molecule has 3 aromatic rings. The number of rotatable bonds is 9. The van der Waals surface area contributed by atoms with Gasteiger partial charge in [-0.15, -0.1) is 0 Å². The van der Waals surface area contributed by atoms with Crippen LogP contribution in [-0.2, 0) is 11.2 Å². The molecule has 34 heavy (non-hydrogen) atoms. The van der Waals surface area contributed by atoms with Gasteiger partial charge in [-0.3, -0.25) is 4.79 Å². The summed E-state index contributed by atoms with van der Waals surface area (Å²) in [7, 11) is 4.54. The number of hydrogen-bond donors (Lipinski definition) is 1. The van der Waals surface area contributed by atoms with Crippen LogP contribution in [-0.4, -0.2) is 39.4 Å². The Balaban J connectivity index is 1.61. The van der Waals surface area contributed by atoms with Gasteiger partial charge >= 0.3 is 5.97 Å². The highest BCUT2D eigenvalue weighted by atomic mass is 35.5. The van der Waals surface area contributed by atoms with Gasteiger partial charge in [0.05, 0.1) is 39.5 Å². The number of esters is 1. The number of ether oxygens (including phenoxy) is 4. The Bertz CT molecular complexity index is 1190. The van der Waals surface area contributed by atoms with E-state index in [0.29, 0.717) is 33.4 Å². The van der Waals surface area contributed by atoms with Crippen LogP contribution in [0.2, 0.25) is 5.02 Å². The number of nitrogens with zero attached hydrogens (tertiary/aromatic N) is 1. The van der Waals surface area contributed by atoms with Gasteiger partial charge in [0.25, 0.3) is 0 Å². The third kappa shape index (κ3) is 6.49. The number of benzene rings is 3. The fraction of sp³-hybridized carbons (Fsp3) is 0.160. The van der Waals surface area contributed by atoms with Crippen LogP contribution in [0.15, 0.2) is 65.8 Å². The minimum atomic E-state index is -0.543. The van der Waals surface area contributed by atoms with Crippen molar-refractivity contribution in [3.05, 3.63) is 82.4 Å². The Morgan fingerprint density at radius 3 is 2.18 bits per heavy atom. The molecule has 0 saturated heterocycles. The summed E-state index contributed by atoms with van der Waals surface area (Å²) in [5.41, 5.74) is 4.22. The average Bonchev–Trinajstić information content (AvgIpc) is 2.85. The van der Waals surface area contributed by atoms with Crippen molar-refractivity contribution in [1.82, 2.24) is 5.43 Å². The molecule has 0 aliphatic rings. The van der Waals surface area contributed by atoms with Crippen LogP contribution >= 0.6 is 11.6 Å². The lowest BCUT2D eigenvalue weighted by Gasteiger charge is -2.10. The number of hydrazone groups is 1. The molecule has 0 unspecified atom stereocenters. The van der Waals surface area contributed by atoms with E-state index in [9.17, 15) is 9.59 Å². The summed E-state index contributed by atoms with van der Waals surface area (Å²) >= 11 is 5.85. The Morgan fingerprint density at radius 1 is 0.853 bits per heavy atom. The van der Waals surface area contributed by atoms with Crippen molar-refractivity contribution >= 4 is 29.7 Å². The molecule has 0 atom stereocenters. The first-order chi connectivity index (χ1) is 16.4. The maximum absolute atomic E-state index is 12.3. The lowest BCUT2D eigenvalue weighted by molar-refractivity contribution is -0.120. The van der Waals surface area contributed by atoms with Crippen molar-refractivity contribution in [2.75, 3.05) is 21.3 Å². The van der Waals surface area contributed by atoms with Crippen LogP contribution in [0.25, 0.3) is 0 Å². The topological polar surface area (TPSA) is 95.5 Å². The molecule has 176 valence electrons. The van der Waals surface area contributed by atoms with Gasteiger partial charge in [0, 0.05) is 5.02 Å². The molecule has 0 aliphatic heterocycles. The zero-order valence-corrected chi connectivity index (χ0v) is 19.6. The molecule has 3 aromatic carbocycles. The predicted molar refractivity (Wildman–Crippen MR) is 128 cm³/mol. The van der Waals surface area contributed by atoms with Crippen molar-refractivity contribution < 1.29 is 28.5 Å². The molecule has 0 fully saturated rings. The van der Waals surface area contributed by atoms with Gasteiger partial charge in [-0.25, -0.2) is 10.2 Å². The number of amides is 1. The zero-order chi connectivity index (χ0) is 24.5. The maximum Gasteiger partial charge on any atom is 0.343 e. The van der Waals surface area contributed by atoms with Crippen molar-refractivity contribution in [2.45, 2.75) is 6.42 Å². The summed E-state index contributed by atoms with van der Waals surface area (Å²) in [5, 5.41) is 4.50. The van der Waals surface area contributed by atoms with Crippen LogP contribution < -0.4 is 24.4 Å². The van der Waals surface area contributed by atoms with Crippen LogP contribution in [0.5, 0.6) is 23.0 Å². The van der Waals surface area contributed by atoms with E-state index in [-0.39, 0.29) is 18.1 Å². The lowest BCUT2D eigenvalue weighted by atomic mass is 10.1. The van der Waals surface area contributed by atoms with Crippen LogP contribution in [0.4, 0.5) is 0 Å². The summed E-state index contributed by atoms with van der Waals surface area (Å²) in [6.07, 6.45) is 1.57. The molecule has 3 rings (SSSR count). The second kappa shape index (κ2) is 11.7. The van der Waals surface area contributed by atoms with E-state index in [2.05, 4.69) is 10.5 Å². The largest absolute Gasteiger partial charge is 0.493 e. The zero-order valence-electron chi connectivity index (χ0n) is 18.8. The van der Waals surface area contributed by atoms with Gasteiger partial charge in [0.2, 0.25) is 5.91 Å². The van der Waals surface area contributed by atoms with Gasteiger partial charge in [0.15, 0.2) is 23.0 Å². The molecule has 0 aliphatic carbocycles. The molecule has 0 spiro atoms. The number of nitrogens with one attached hydrogen (secondary N) is 1. The standard InChI is InChI=1S/C25H23ClN2O6/c1-31-20-10-4-16(12-22(20)32-2)14-24(29)28-27-15-17-5-11-21(23(13-17)33-3)34-25(30)18-6-8-19(26)9-7-18/h4-13,15H,14H2,1-3H3,(H,28,29)/b27-15+. The van der Waals surface area contributed by atoms with Crippen molar-refractivity contribution in [2.24, 2.45) is 5.10 Å². The van der Waals surface area contributed by atoms with Gasteiger partial charge in [-0.2, -0.15) is 5.10 Å². The monoisotopic (exact) mass is 482 g/mol. The molecular formula is C25H23ClN2O6. The third-order valence-electron chi connectivity index (χ3n) is 4.69. The van der Waals surface area contributed by atoms with Gasteiger partial charge in [-0.05, 0) is 65.7 Å². The summed E-state index contributed by atoms with van der Waals surface area (Å²) in [6.45, 7) is 0. The third-order valence-corrected chi connectivity index (χ3v) is 4.94. The van der Waals surface area contributed by atoms with E-state index < -0.39 is 5.97 Å². The molecule has 0 radical (unpaired) electrons. The van der Waals surface area contributed by atoms with Crippen LogP contribution in [0.1, 0.15) is 21.5 Å². The maximum atomic E-state index is 12.3. The number of carbonyl (C=O) groups is 2. The molecule has 8 nitrogen and oxygen atoms in total. The van der Waals surface area contributed by atoms with Crippen LogP contribution in [0.3, 0.4) is 0 Å². The summed E-state index contributed by atoms with van der Waals surface area (Å²) < 4.78 is 21.2. The quantitative estimate of drug-likeness (QED) is 0.212. The van der Waals surface area contributed by atoms with E-state index >= 15 is 0 Å². The average molecular weight is 483 g/mol. The number of carbonyl (C=O) groups excluding carboxylic acids is 2. The number of halogens is 1. The first-order valence-corrected chi connectivity index (χ1v) is 10.5. The summed E-state index contributed by atoms with van der Waals surface area (Å²) in [6, 6.07) is 16.5. The van der Waals surface area contributed by atoms with E-state index in [4.69, 9.17) is 30.5 Å². The Labute approximate surface area is 202 Å². The first-order valence-electron chi connectivity index (χ1n) is 10.1. The summed E-state index contributed by atoms with van der Waals surface area (Å²) in [4.78, 5) is 24.6. The van der Waals surface area contributed by atoms with Gasteiger partial charge in [-0.1, -0.05) is 17.7 Å². The fourth-order valence-electron chi connectivity index (χ4n) is 2.99. The fourth-order valence-corrected chi connectivity index (χ4v) is 3.11. The van der Waals surface area contributed by atoms with Gasteiger partial charge < -0.3 is 18.9 Å². The number of methoxy groups -OCH3 is 3. The SMILES string of the molecule is COc1ccc(CC(=O)N/N=C/c2ccc(OC(=O)c3ccc(Cl)cc3)c(OC)c2)cc1OC. The van der Waals surface area contributed by atoms with Gasteiger partial charge in [0.1, 0.15) is 0 Å². The highest BCUT2D eigenvalue weighted by molar-refractivity contribution is 6.30. The molecule has 0 bridgehead atoms. The Morgan fingerprint density at radius 2 is 1.50 bits per heavy atom. The van der Waals surface area contributed by atoms with E-state index in [1.165, 1.54) is 20.4 Å². The minimum Gasteiger partial charge on any atom is -0.493 e. The predicted octanol–water partition coefficient (Wildman–Crippen LogP) is 4.28. The highest BCUT2D eigenvalue weighted by Gasteiger charge is 2.13. The molecule has 1 N–H and O–H groups in total. The molecule has 0 saturated carbocycles. The lowest BCUT2D eigenvalue weighted by Crippen LogP contribution is -2.19. The van der Waals surface area contributed by atoms with E-state index in [1.54, 1.807) is 67.8 Å². The van der Waals surface area contributed by atoms with E-state index in [0.717, 1.165) is 5.56 Å². The highest BCUT2D eigenvalue weighted by Crippen LogP contribution is 2.29. The normalized spacial score (nSPS) is 10.6. The van der Waals surface area contributed by atoms with E-state index in [1.807, 2.05) is 0 Å². The Hall–Kier alpha value is -4.04. The molecule has 1 amide bonds. The van der Waals surface area contributed by atoms with Crippen molar-refractivity contribution in [3.8, 4) is 23.0 Å². The molecule has 0 aromatic heterocycles. The molecular weight excluding hydrogens is 460 g/mol. The number of hydrogen-bond acceptors (Lipinski definition) is 7. The minimum absolute atomic E-state index is 0.112. The van der Waals surface area contributed by atoms with Crippen LogP contribution in [0, 0.1) is 0 Å². The first kappa shape index (κ1) is 24.6. The Kier molecular flexibility index (Phi) is 8.48. The second-order valence-corrected chi connectivity index (χ2v) is 7.40. The van der Waals surface area contributed by atoms with Crippen molar-refractivity contribution in [1.29, 1.82) is 0 Å². The molecule has 0 heterocycles.